The number of benzene rings is 1. The number of aliphatic carboxylic acids is 1. The summed E-state index contributed by atoms with van der Waals surface area (Å²) in [6.45, 7) is 10.8. The second-order valence-corrected chi connectivity index (χ2v) is 8.81. The summed E-state index contributed by atoms with van der Waals surface area (Å²) >= 11 is 0. The largest absolute Gasteiger partial charge is 0.513 e. The van der Waals surface area contributed by atoms with Crippen LogP contribution in [0.1, 0.15) is 72.3 Å². The fourth-order valence-corrected chi connectivity index (χ4v) is 3.36. The summed E-state index contributed by atoms with van der Waals surface area (Å²) in [4.78, 5) is 48.4. The van der Waals surface area contributed by atoms with Crippen molar-refractivity contribution < 1.29 is 48.0 Å². The van der Waals surface area contributed by atoms with Crippen LogP contribution in [-0.2, 0) is 23.8 Å². The zero-order chi connectivity index (χ0) is 28.1. The molecular formula is C26H39NO10. The maximum absolute atomic E-state index is 12.3. The van der Waals surface area contributed by atoms with Crippen LogP contribution in [0.3, 0.4) is 0 Å². The summed E-state index contributed by atoms with van der Waals surface area (Å²) in [6.07, 6.45) is -0.992. The average Bonchev–Trinajstić information content (AvgIpc) is 2.86. The predicted octanol–water partition coefficient (Wildman–Crippen LogP) is 4.65. The van der Waals surface area contributed by atoms with Crippen molar-refractivity contribution in [1.29, 1.82) is 0 Å². The second-order valence-electron chi connectivity index (χ2n) is 8.81. The van der Waals surface area contributed by atoms with Crippen molar-refractivity contribution in [3.63, 3.8) is 0 Å². The summed E-state index contributed by atoms with van der Waals surface area (Å²) in [5.41, 5.74) is 6.42. The first-order chi connectivity index (χ1) is 17.5. The standard InChI is InChI=1S/C26H39NO10/c1-7-12-33-25(31)36-19-11-10-18(14-20(19)37-26(32)34-13-8-2)21(22(27)23(28)29)16(5)17(6)35-24(30)15(4)9-3/h10-11,14-17,21-22H,7-9,12-13,27H2,1-6H3,(H,28,29)/t15?,16?,17?,21?,22-/m0/s1. The smallest absolute Gasteiger partial charge is 0.480 e. The summed E-state index contributed by atoms with van der Waals surface area (Å²) < 4.78 is 25.9. The molecule has 0 aliphatic rings. The molecule has 0 fully saturated rings. The number of hydrogen-bond acceptors (Lipinski definition) is 10. The van der Waals surface area contributed by atoms with Crippen LogP contribution in [0.5, 0.6) is 11.5 Å². The normalized spacial score (nSPS) is 14.9. The van der Waals surface area contributed by atoms with Gasteiger partial charge in [-0.15, -0.1) is 0 Å². The molecule has 0 heterocycles. The van der Waals surface area contributed by atoms with Gasteiger partial charge in [0.2, 0.25) is 0 Å². The lowest BCUT2D eigenvalue weighted by atomic mass is 9.79. The van der Waals surface area contributed by atoms with Crippen LogP contribution in [0.15, 0.2) is 18.2 Å². The molecule has 208 valence electrons. The molecule has 1 rings (SSSR count). The van der Waals surface area contributed by atoms with Crippen molar-refractivity contribution in [3.8, 4) is 11.5 Å². The molecule has 0 radical (unpaired) electrons. The van der Waals surface area contributed by atoms with E-state index in [1.165, 1.54) is 18.2 Å². The Morgan fingerprint density at radius 2 is 1.43 bits per heavy atom. The lowest BCUT2D eigenvalue weighted by Gasteiger charge is -2.32. The quantitative estimate of drug-likeness (QED) is 0.198. The van der Waals surface area contributed by atoms with Crippen LogP contribution in [0.25, 0.3) is 0 Å². The first-order valence-corrected chi connectivity index (χ1v) is 12.5. The van der Waals surface area contributed by atoms with Gasteiger partial charge in [0.05, 0.1) is 19.1 Å². The summed E-state index contributed by atoms with van der Waals surface area (Å²) in [7, 11) is 0. The molecule has 1 aromatic rings. The monoisotopic (exact) mass is 525 g/mol. The predicted molar refractivity (Wildman–Crippen MR) is 134 cm³/mol. The molecule has 1 aromatic carbocycles. The molecule has 0 aromatic heterocycles. The van der Waals surface area contributed by atoms with Gasteiger partial charge in [-0.05, 0) is 43.9 Å². The summed E-state index contributed by atoms with van der Waals surface area (Å²) in [5.74, 6) is -3.74. The number of carbonyl (C=O) groups is 4. The van der Waals surface area contributed by atoms with Crippen molar-refractivity contribution in [2.45, 2.75) is 78.9 Å². The lowest BCUT2D eigenvalue weighted by Crippen LogP contribution is -2.43. The Kier molecular flexibility index (Phi) is 13.4. The molecular weight excluding hydrogens is 486 g/mol. The van der Waals surface area contributed by atoms with Crippen LogP contribution in [0.4, 0.5) is 9.59 Å². The zero-order valence-electron chi connectivity index (χ0n) is 22.4. The van der Waals surface area contributed by atoms with Gasteiger partial charge in [-0.3, -0.25) is 9.59 Å². The van der Waals surface area contributed by atoms with Gasteiger partial charge in [0.15, 0.2) is 11.5 Å². The van der Waals surface area contributed by atoms with Gasteiger partial charge >= 0.3 is 24.2 Å². The minimum absolute atomic E-state index is 0.107. The number of rotatable bonds is 14. The van der Waals surface area contributed by atoms with E-state index in [4.69, 9.17) is 29.4 Å². The zero-order valence-corrected chi connectivity index (χ0v) is 22.4. The molecule has 0 aliphatic carbocycles. The molecule has 0 bridgehead atoms. The van der Waals surface area contributed by atoms with Gasteiger partial charge in [0.1, 0.15) is 12.1 Å². The molecule has 0 aliphatic heterocycles. The van der Waals surface area contributed by atoms with E-state index in [-0.39, 0.29) is 30.6 Å². The molecule has 4 unspecified atom stereocenters. The molecule has 11 nitrogen and oxygen atoms in total. The van der Waals surface area contributed by atoms with Gasteiger partial charge in [-0.1, -0.05) is 40.7 Å². The Bertz CT molecular complexity index is 919. The third-order valence-electron chi connectivity index (χ3n) is 5.88. The van der Waals surface area contributed by atoms with Crippen LogP contribution in [0.2, 0.25) is 0 Å². The van der Waals surface area contributed by atoms with E-state index in [9.17, 15) is 24.3 Å². The molecule has 0 saturated heterocycles. The lowest BCUT2D eigenvalue weighted by molar-refractivity contribution is -0.155. The minimum atomic E-state index is -1.39. The number of carboxylic acid groups (broad SMARTS) is 1. The van der Waals surface area contributed by atoms with Crippen molar-refractivity contribution in [2.75, 3.05) is 13.2 Å². The number of carbonyl (C=O) groups excluding carboxylic acids is 3. The Morgan fingerprint density at radius 1 is 0.892 bits per heavy atom. The number of carboxylic acids is 1. The topological polar surface area (TPSA) is 161 Å². The highest BCUT2D eigenvalue weighted by Gasteiger charge is 2.36. The third-order valence-corrected chi connectivity index (χ3v) is 5.88. The molecule has 0 amide bonds. The summed E-state index contributed by atoms with van der Waals surface area (Å²) in [5, 5.41) is 9.70. The molecule has 0 saturated carbocycles. The first-order valence-electron chi connectivity index (χ1n) is 12.5. The fourth-order valence-electron chi connectivity index (χ4n) is 3.36. The minimum Gasteiger partial charge on any atom is -0.480 e. The Hall–Kier alpha value is -3.34. The van der Waals surface area contributed by atoms with E-state index < -0.39 is 48.2 Å². The van der Waals surface area contributed by atoms with Crippen LogP contribution >= 0.6 is 0 Å². The van der Waals surface area contributed by atoms with Crippen molar-refractivity contribution in [2.24, 2.45) is 17.6 Å². The number of ether oxygens (including phenoxy) is 5. The highest BCUT2D eigenvalue weighted by atomic mass is 16.7. The second kappa shape index (κ2) is 15.7. The molecule has 37 heavy (non-hydrogen) atoms. The van der Waals surface area contributed by atoms with Gasteiger partial charge in [0, 0.05) is 11.8 Å². The SMILES string of the molecule is CCCOC(=O)Oc1ccc(C(C(C)C(C)OC(=O)C(C)CC)[C@H](N)C(=O)O)cc1OC(=O)OCCC. The van der Waals surface area contributed by atoms with E-state index in [1.54, 1.807) is 27.7 Å². The average molecular weight is 526 g/mol. The Labute approximate surface area is 217 Å². The van der Waals surface area contributed by atoms with Gasteiger partial charge in [-0.2, -0.15) is 0 Å². The first kappa shape index (κ1) is 31.7. The molecule has 11 heteroatoms. The number of nitrogens with two attached hydrogens (primary N) is 1. The van der Waals surface area contributed by atoms with E-state index in [0.29, 0.717) is 24.8 Å². The molecule has 3 N–H and O–H groups in total. The van der Waals surface area contributed by atoms with Crippen LogP contribution in [0, 0.1) is 11.8 Å². The van der Waals surface area contributed by atoms with Crippen molar-refractivity contribution in [1.82, 2.24) is 0 Å². The van der Waals surface area contributed by atoms with Crippen LogP contribution < -0.4 is 15.2 Å². The van der Waals surface area contributed by atoms with Crippen molar-refractivity contribution in [3.05, 3.63) is 23.8 Å². The molecule has 5 atom stereocenters. The highest BCUT2D eigenvalue weighted by molar-refractivity contribution is 5.75. The van der Waals surface area contributed by atoms with E-state index in [0.717, 1.165) is 0 Å². The number of esters is 1. The Balaban J connectivity index is 3.41. The summed E-state index contributed by atoms with van der Waals surface area (Å²) in [6, 6.07) is 2.80. The maximum Gasteiger partial charge on any atom is 0.513 e. The fraction of sp³-hybridized carbons (Fsp3) is 0.615. The van der Waals surface area contributed by atoms with E-state index >= 15 is 0 Å². The van der Waals surface area contributed by atoms with Crippen molar-refractivity contribution >= 4 is 24.2 Å². The third kappa shape index (κ3) is 9.91. The Morgan fingerprint density at radius 3 is 1.92 bits per heavy atom. The maximum atomic E-state index is 12.3. The highest BCUT2D eigenvalue weighted by Crippen LogP contribution is 2.37. The number of hydrogen-bond donors (Lipinski definition) is 2. The van der Waals surface area contributed by atoms with Crippen LogP contribution in [-0.4, -0.2) is 54.7 Å². The van der Waals surface area contributed by atoms with E-state index in [1.807, 2.05) is 13.8 Å². The van der Waals surface area contributed by atoms with E-state index in [2.05, 4.69) is 0 Å². The van der Waals surface area contributed by atoms with Gasteiger partial charge < -0.3 is 34.5 Å². The molecule has 0 spiro atoms. The van der Waals surface area contributed by atoms with Gasteiger partial charge in [0.25, 0.3) is 0 Å². The van der Waals surface area contributed by atoms with Gasteiger partial charge in [-0.25, -0.2) is 9.59 Å².